The molecule has 2 aliphatic rings. The monoisotopic (exact) mass is 312 g/mol. The molecule has 1 amide bonds. The van der Waals surface area contributed by atoms with Crippen LogP contribution in [0.25, 0.3) is 11.0 Å². The molecule has 1 unspecified atom stereocenters. The van der Waals surface area contributed by atoms with E-state index in [9.17, 15) is 4.79 Å². The molecule has 2 heterocycles. The Hall–Kier alpha value is -1.91. The molecule has 122 valence electrons. The Bertz CT molecular complexity index is 689. The highest BCUT2D eigenvalue weighted by Crippen LogP contribution is 2.33. The van der Waals surface area contributed by atoms with E-state index in [1.165, 1.54) is 38.5 Å². The summed E-state index contributed by atoms with van der Waals surface area (Å²) < 4.78 is 1.74. The van der Waals surface area contributed by atoms with Crippen LogP contribution in [0.5, 0.6) is 0 Å². The zero-order chi connectivity index (χ0) is 15.6. The number of hydrogen-bond acceptors (Lipinski definition) is 3. The van der Waals surface area contributed by atoms with E-state index in [-0.39, 0.29) is 5.91 Å². The van der Waals surface area contributed by atoms with Gasteiger partial charge in [0.1, 0.15) is 12.1 Å². The Labute approximate surface area is 136 Å². The molecule has 1 aliphatic heterocycles. The average Bonchev–Trinajstić information content (AvgIpc) is 3.29. The smallest absolute Gasteiger partial charge is 0.244 e. The molecule has 0 radical (unpaired) electrons. The van der Waals surface area contributed by atoms with Gasteiger partial charge in [-0.3, -0.25) is 4.79 Å². The molecule has 2 fully saturated rings. The summed E-state index contributed by atoms with van der Waals surface area (Å²) in [6.07, 6.45) is 8.95. The molecule has 0 spiro atoms. The third-order valence-electron chi connectivity index (χ3n) is 5.48. The third-order valence-corrected chi connectivity index (χ3v) is 5.48. The van der Waals surface area contributed by atoms with Gasteiger partial charge in [0.25, 0.3) is 0 Å². The van der Waals surface area contributed by atoms with Crippen LogP contribution in [-0.4, -0.2) is 38.4 Å². The lowest BCUT2D eigenvalue weighted by atomic mass is 9.97. The molecule has 0 N–H and O–H groups in total. The number of fused-ring (bicyclic) bond motifs is 1. The Morgan fingerprint density at radius 2 is 1.96 bits per heavy atom. The molecule has 2 aromatic rings. The zero-order valence-corrected chi connectivity index (χ0v) is 13.5. The molecule has 1 aliphatic carbocycles. The largest absolute Gasteiger partial charge is 0.338 e. The van der Waals surface area contributed by atoms with Crippen molar-refractivity contribution in [2.24, 2.45) is 5.92 Å². The van der Waals surface area contributed by atoms with Crippen LogP contribution in [-0.2, 0) is 11.3 Å². The van der Waals surface area contributed by atoms with Crippen molar-refractivity contribution in [2.75, 3.05) is 6.54 Å². The summed E-state index contributed by atoms with van der Waals surface area (Å²) in [6.45, 7) is 1.21. The summed E-state index contributed by atoms with van der Waals surface area (Å²) >= 11 is 0. The highest BCUT2D eigenvalue weighted by Gasteiger charge is 2.31. The Morgan fingerprint density at radius 3 is 2.83 bits per heavy atom. The van der Waals surface area contributed by atoms with Crippen molar-refractivity contribution in [1.29, 1.82) is 0 Å². The van der Waals surface area contributed by atoms with Crippen LogP contribution in [0, 0.1) is 5.92 Å². The molecule has 1 atom stereocenters. The van der Waals surface area contributed by atoms with Gasteiger partial charge in [-0.15, -0.1) is 5.10 Å². The number of benzene rings is 1. The minimum Gasteiger partial charge on any atom is -0.338 e. The summed E-state index contributed by atoms with van der Waals surface area (Å²) in [6, 6.07) is 8.26. The normalized spacial score (nSPS) is 22.3. The van der Waals surface area contributed by atoms with Crippen molar-refractivity contribution >= 4 is 16.9 Å². The molecule has 1 saturated carbocycles. The zero-order valence-electron chi connectivity index (χ0n) is 13.5. The van der Waals surface area contributed by atoms with Crippen LogP contribution in [0.2, 0.25) is 0 Å². The lowest BCUT2D eigenvalue weighted by molar-refractivity contribution is -0.133. The molecule has 23 heavy (non-hydrogen) atoms. The van der Waals surface area contributed by atoms with E-state index in [4.69, 9.17) is 0 Å². The minimum absolute atomic E-state index is 0.196. The van der Waals surface area contributed by atoms with Crippen LogP contribution >= 0.6 is 0 Å². The second-order valence-corrected chi connectivity index (χ2v) is 7.01. The average molecular weight is 312 g/mol. The number of nitrogens with zero attached hydrogens (tertiary/aromatic N) is 4. The molecule has 1 aromatic carbocycles. The highest BCUT2D eigenvalue weighted by atomic mass is 16.2. The van der Waals surface area contributed by atoms with Crippen LogP contribution < -0.4 is 0 Å². The maximum atomic E-state index is 12.8. The van der Waals surface area contributed by atoms with E-state index >= 15 is 0 Å². The maximum absolute atomic E-state index is 12.8. The van der Waals surface area contributed by atoms with E-state index < -0.39 is 0 Å². The van der Waals surface area contributed by atoms with Crippen molar-refractivity contribution in [3.05, 3.63) is 24.3 Å². The number of aromatic nitrogens is 3. The van der Waals surface area contributed by atoms with Crippen molar-refractivity contribution in [2.45, 2.75) is 57.5 Å². The lowest BCUT2D eigenvalue weighted by Crippen LogP contribution is -2.38. The minimum atomic E-state index is 0.196. The number of hydrogen-bond donors (Lipinski definition) is 0. The first kappa shape index (κ1) is 14.7. The van der Waals surface area contributed by atoms with Crippen LogP contribution in [0.15, 0.2) is 24.3 Å². The number of para-hydroxylation sites is 1. The molecular weight excluding hydrogens is 288 g/mol. The fourth-order valence-electron chi connectivity index (χ4n) is 4.29. The molecule has 5 nitrogen and oxygen atoms in total. The summed E-state index contributed by atoms with van der Waals surface area (Å²) in [7, 11) is 0. The number of carbonyl (C=O) groups excluding carboxylic acids is 1. The fourth-order valence-corrected chi connectivity index (χ4v) is 4.29. The maximum Gasteiger partial charge on any atom is 0.244 e. The number of carbonyl (C=O) groups is 1. The summed E-state index contributed by atoms with van der Waals surface area (Å²) in [5.74, 6) is 1.03. The summed E-state index contributed by atoms with van der Waals surface area (Å²) in [5, 5.41) is 8.30. The molecular formula is C18H24N4O. The molecule has 4 rings (SSSR count). The summed E-state index contributed by atoms with van der Waals surface area (Å²) in [4.78, 5) is 14.9. The van der Waals surface area contributed by atoms with Gasteiger partial charge in [0.2, 0.25) is 5.91 Å². The van der Waals surface area contributed by atoms with Crippen LogP contribution in [0.4, 0.5) is 0 Å². The standard InChI is InChI=1S/C18H24N4O/c23-18(13-22-17-10-4-3-9-16(17)19-20-22)21-11-5-8-15(21)12-14-6-1-2-7-14/h3-4,9-10,14-15H,1-2,5-8,11-13H2. The first-order valence-electron chi connectivity index (χ1n) is 8.89. The first-order chi connectivity index (χ1) is 11.3. The van der Waals surface area contributed by atoms with E-state index in [0.29, 0.717) is 12.6 Å². The quantitative estimate of drug-likeness (QED) is 0.872. The molecule has 0 bridgehead atoms. The van der Waals surface area contributed by atoms with Crippen molar-refractivity contribution < 1.29 is 4.79 Å². The second-order valence-electron chi connectivity index (χ2n) is 7.01. The number of amides is 1. The molecule has 1 aromatic heterocycles. The van der Waals surface area contributed by atoms with Gasteiger partial charge in [-0.1, -0.05) is 43.0 Å². The van der Waals surface area contributed by atoms with Crippen molar-refractivity contribution in [1.82, 2.24) is 19.9 Å². The molecule has 1 saturated heterocycles. The van der Waals surface area contributed by atoms with Gasteiger partial charge in [0.05, 0.1) is 5.52 Å². The Balaban J connectivity index is 1.45. The summed E-state index contributed by atoms with van der Waals surface area (Å²) in [5.41, 5.74) is 1.79. The van der Waals surface area contributed by atoms with Crippen LogP contribution in [0.1, 0.15) is 44.9 Å². The van der Waals surface area contributed by atoms with Crippen molar-refractivity contribution in [3.63, 3.8) is 0 Å². The molecule has 5 heteroatoms. The number of rotatable bonds is 4. The lowest BCUT2D eigenvalue weighted by Gasteiger charge is -2.27. The van der Waals surface area contributed by atoms with Gasteiger partial charge in [-0.05, 0) is 37.3 Å². The van der Waals surface area contributed by atoms with E-state index in [1.807, 2.05) is 24.3 Å². The first-order valence-corrected chi connectivity index (χ1v) is 8.89. The SMILES string of the molecule is O=C(Cn1nnc2ccccc21)N1CCCC1CC1CCCC1. The predicted molar refractivity (Wildman–Crippen MR) is 88.8 cm³/mol. The van der Waals surface area contributed by atoms with Crippen LogP contribution in [0.3, 0.4) is 0 Å². The predicted octanol–water partition coefficient (Wildman–Crippen LogP) is 3.00. The second kappa shape index (κ2) is 6.30. The van der Waals surface area contributed by atoms with E-state index in [1.54, 1.807) is 4.68 Å². The highest BCUT2D eigenvalue weighted by molar-refractivity contribution is 5.80. The Kier molecular flexibility index (Phi) is 4.02. The Morgan fingerprint density at radius 1 is 1.13 bits per heavy atom. The third kappa shape index (κ3) is 2.96. The van der Waals surface area contributed by atoms with Crippen molar-refractivity contribution in [3.8, 4) is 0 Å². The van der Waals surface area contributed by atoms with Gasteiger partial charge >= 0.3 is 0 Å². The number of likely N-dealkylation sites (tertiary alicyclic amines) is 1. The van der Waals surface area contributed by atoms with E-state index in [2.05, 4.69) is 15.2 Å². The van der Waals surface area contributed by atoms with Gasteiger partial charge in [0.15, 0.2) is 0 Å². The van der Waals surface area contributed by atoms with Gasteiger partial charge < -0.3 is 4.90 Å². The van der Waals surface area contributed by atoms with Gasteiger partial charge in [-0.25, -0.2) is 4.68 Å². The van der Waals surface area contributed by atoms with Gasteiger partial charge in [0, 0.05) is 12.6 Å². The van der Waals surface area contributed by atoms with Gasteiger partial charge in [-0.2, -0.15) is 0 Å². The topological polar surface area (TPSA) is 51.0 Å². The fraction of sp³-hybridized carbons (Fsp3) is 0.611. The van der Waals surface area contributed by atoms with E-state index in [0.717, 1.165) is 29.9 Å².